The predicted molar refractivity (Wildman–Crippen MR) is 68.5 cm³/mol. The first-order valence-electron chi connectivity index (χ1n) is 5.94. The lowest BCUT2D eigenvalue weighted by Crippen LogP contribution is -2.43. The number of thiophene rings is 1. The lowest BCUT2D eigenvalue weighted by molar-refractivity contribution is -0.131. The van der Waals surface area contributed by atoms with Gasteiger partial charge in [0.25, 0.3) is 5.91 Å². The van der Waals surface area contributed by atoms with Crippen molar-refractivity contribution < 1.29 is 14.7 Å². The van der Waals surface area contributed by atoms with Gasteiger partial charge < -0.3 is 15.3 Å². The van der Waals surface area contributed by atoms with Crippen molar-refractivity contribution in [3.8, 4) is 0 Å². The minimum Gasteiger partial charge on any atom is -0.394 e. The van der Waals surface area contributed by atoms with Gasteiger partial charge >= 0.3 is 0 Å². The fourth-order valence-electron chi connectivity index (χ4n) is 2.11. The number of likely N-dealkylation sites (tertiary alicyclic amines) is 1. The summed E-state index contributed by atoms with van der Waals surface area (Å²) in [6.07, 6.45) is 1.75. The summed E-state index contributed by atoms with van der Waals surface area (Å²) >= 11 is 1.34. The van der Waals surface area contributed by atoms with Crippen LogP contribution in [0.15, 0.2) is 17.5 Å². The van der Waals surface area contributed by atoms with Crippen LogP contribution in [0.2, 0.25) is 0 Å². The van der Waals surface area contributed by atoms with Crippen molar-refractivity contribution in [1.29, 1.82) is 0 Å². The lowest BCUT2D eigenvalue weighted by atomic mass is 10.2. The number of aliphatic hydroxyl groups excluding tert-OH is 1. The average Bonchev–Trinajstić information content (AvgIpc) is 3.04. The third kappa shape index (κ3) is 2.88. The van der Waals surface area contributed by atoms with Crippen molar-refractivity contribution in [3.63, 3.8) is 0 Å². The molecule has 1 fully saturated rings. The topological polar surface area (TPSA) is 69.6 Å². The highest BCUT2D eigenvalue weighted by molar-refractivity contribution is 7.12. The molecule has 0 saturated carbocycles. The molecule has 0 radical (unpaired) electrons. The first kappa shape index (κ1) is 13.0. The molecule has 2 amide bonds. The third-order valence-corrected chi connectivity index (χ3v) is 3.92. The summed E-state index contributed by atoms with van der Waals surface area (Å²) < 4.78 is 0. The number of carbonyl (C=O) groups is 2. The van der Waals surface area contributed by atoms with Crippen molar-refractivity contribution in [1.82, 2.24) is 10.2 Å². The molecule has 0 aliphatic carbocycles. The van der Waals surface area contributed by atoms with E-state index in [9.17, 15) is 9.59 Å². The molecular formula is C12H16N2O3S. The second-order valence-electron chi connectivity index (χ2n) is 4.23. The van der Waals surface area contributed by atoms with E-state index < -0.39 is 0 Å². The Kier molecular flexibility index (Phi) is 4.33. The lowest BCUT2D eigenvalue weighted by Gasteiger charge is -2.23. The predicted octanol–water partition coefficient (Wildman–Crippen LogP) is 0.461. The second-order valence-corrected chi connectivity index (χ2v) is 5.17. The molecule has 2 heterocycles. The Balaban J connectivity index is 1.83. The van der Waals surface area contributed by atoms with E-state index in [0.29, 0.717) is 11.4 Å². The average molecular weight is 268 g/mol. The highest BCUT2D eigenvalue weighted by atomic mass is 32.1. The van der Waals surface area contributed by atoms with Gasteiger partial charge in [-0.25, -0.2) is 0 Å². The Bertz CT molecular complexity index is 419. The van der Waals surface area contributed by atoms with Crippen molar-refractivity contribution in [3.05, 3.63) is 22.4 Å². The zero-order valence-corrected chi connectivity index (χ0v) is 10.8. The van der Waals surface area contributed by atoms with E-state index >= 15 is 0 Å². The molecule has 0 spiro atoms. The van der Waals surface area contributed by atoms with E-state index in [1.54, 1.807) is 17.0 Å². The molecule has 0 aromatic carbocycles. The summed E-state index contributed by atoms with van der Waals surface area (Å²) in [5.74, 6) is -0.352. The van der Waals surface area contributed by atoms with E-state index in [4.69, 9.17) is 5.11 Å². The van der Waals surface area contributed by atoms with Gasteiger partial charge in [0, 0.05) is 6.54 Å². The van der Waals surface area contributed by atoms with Gasteiger partial charge in [-0.3, -0.25) is 9.59 Å². The van der Waals surface area contributed by atoms with Gasteiger partial charge in [-0.2, -0.15) is 0 Å². The number of nitrogens with one attached hydrogen (secondary N) is 1. The maximum absolute atomic E-state index is 11.9. The highest BCUT2D eigenvalue weighted by Gasteiger charge is 2.27. The summed E-state index contributed by atoms with van der Waals surface area (Å²) in [6, 6.07) is 3.43. The van der Waals surface area contributed by atoms with Crippen molar-refractivity contribution in [2.45, 2.75) is 18.9 Å². The third-order valence-electron chi connectivity index (χ3n) is 3.05. The maximum Gasteiger partial charge on any atom is 0.261 e. The van der Waals surface area contributed by atoms with Crippen molar-refractivity contribution in [2.75, 3.05) is 19.7 Å². The maximum atomic E-state index is 11.9. The van der Waals surface area contributed by atoms with Crippen LogP contribution in [-0.2, 0) is 4.79 Å². The van der Waals surface area contributed by atoms with E-state index in [-0.39, 0.29) is 31.0 Å². The minimum atomic E-state index is -0.224. The van der Waals surface area contributed by atoms with Crippen LogP contribution >= 0.6 is 11.3 Å². The number of hydrogen-bond acceptors (Lipinski definition) is 4. The number of rotatable bonds is 4. The van der Waals surface area contributed by atoms with Gasteiger partial charge in [0.15, 0.2) is 0 Å². The van der Waals surface area contributed by atoms with Crippen LogP contribution in [0.25, 0.3) is 0 Å². The summed E-state index contributed by atoms with van der Waals surface area (Å²) in [5, 5.41) is 13.6. The van der Waals surface area contributed by atoms with Gasteiger partial charge in [0.1, 0.15) is 0 Å². The number of carbonyl (C=O) groups excluding carboxylic acids is 2. The van der Waals surface area contributed by atoms with Gasteiger partial charge in [-0.15, -0.1) is 11.3 Å². The molecule has 5 nitrogen and oxygen atoms in total. The fraction of sp³-hybridized carbons (Fsp3) is 0.500. The zero-order chi connectivity index (χ0) is 13.0. The Morgan fingerprint density at radius 3 is 3.06 bits per heavy atom. The zero-order valence-electron chi connectivity index (χ0n) is 9.96. The number of nitrogens with zero attached hydrogens (tertiary/aromatic N) is 1. The Hall–Kier alpha value is -1.40. The molecule has 2 N–H and O–H groups in total. The van der Waals surface area contributed by atoms with E-state index in [2.05, 4.69) is 5.32 Å². The number of amides is 2. The minimum absolute atomic E-state index is 0.00671. The molecule has 1 atom stereocenters. The SMILES string of the molecule is O=C(NCC(=O)N1CCC[C@@H]1CO)c1cccs1. The molecule has 0 bridgehead atoms. The molecule has 2 rings (SSSR count). The summed E-state index contributed by atoms with van der Waals surface area (Å²) in [7, 11) is 0. The molecule has 6 heteroatoms. The number of hydrogen-bond donors (Lipinski definition) is 2. The van der Waals surface area contributed by atoms with Crippen molar-refractivity contribution >= 4 is 23.2 Å². The summed E-state index contributed by atoms with van der Waals surface area (Å²) in [4.78, 5) is 25.8. The fourth-order valence-corrected chi connectivity index (χ4v) is 2.75. The molecule has 1 saturated heterocycles. The van der Waals surface area contributed by atoms with E-state index in [1.165, 1.54) is 11.3 Å². The molecule has 1 aromatic heterocycles. The monoisotopic (exact) mass is 268 g/mol. The Morgan fingerprint density at radius 2 is 2.39 bits per heavy atom. The van der Waals surface area contributed by atoms with E-state index in [1.807, 2.05) is 5.38 Å². The van der Waals surface area contributed by atoms with Gasteiger partial charge in [0.05, 0.1) is 24.1 Å². The second kappa shape index (κ2) is 5.97. The first-order chi connectivity index (χ1) is 8.72. The van der Waals surface area contributed by atoms with Crippen LogP contribution in [0, 0.1) is 0 Å². The summed E-state index contributed by atoms with van der Waals surface area (Å²) in [5.41, 5.74) is 0. The highest BCUT2D eigenvalue weighted by Crippen LogP contribution is 2.16. The van der Waals surface area contributed by atoms with Crippen LogP contribution in [-0.4, -0.2) is 47.6 Å². The molecule has 1 aliphatic rings. The molecule has 1 aromatic rings. The summed E-state index contributed by atoms with van der Waals surface area (Å²) in [6.45, 7) is 0.650. The first-order valence-corrected chi connectivity index (χ1v) is 6.82. The standard InChI is InChI=1S/C12H16N2O3S/c15-8-9-3-1-5-14(9)11(16)7-13-12(17)10-4-2-6-18-10/h2,4,6,9,15H,1,3,5,7-8H2,(H,13,17)/t9-/m1/s1. The van der Waals surface area contributed by atoms with Gasteiger partial charge in [-0.1, -0.05) is 6.07 Å². The van der Waals surface area contributed by atoms with E-state index in [0.717, 1.165) is 12.8 Å². The molecule has 0 unspecified atom stereocenters. The molecule has 18 heavy (non-hydrogen) atoms. The normalized spacial score (nSPS) is 18.9. The largest absolute Gasteiger partial charge is 0.394 e. The van der Waals surface area contributed by atoms with Crippen LogP contribution < -0.4 is 5.32 Å². The number of aliphatic hydroxyl groups is 1. The Labute approximate surface area is 109 Å². The van der Waals surface area contributed by atoms with Crippen LogP contribution in [0.3, 0.4) is 0 Å². The Morgan fingerprint density at radius 1 is 1.56 bits per heavy atom. The molecular weight excluding hydrogens is 252 g/mol. The molecule has 1 aliphatic heterocycles. The van der Waals surface area contributed by atoms with Gasteiger partial charge in [0.2, 0.25) is 5.91 Å². The van der Waals surface area contributed by atoms with Gasteiger partial charge in [-0.05, 0) is 24.3 Å². The van der Waals surface area contributed by atoms with Crippen LogP contribution in [0.5, 0.6) is 0 Å². The van der Waals surface area contributed by atoms with Crippen LogP contribution in [0.4, 0.5) is 0 Å². The quantitative estimate of drug-likeness (QED) is 0.833. The smallest absolute Gasteiger partial charge is 0.261 e. The molecule has 98 valence electrons. The van der Waals surface area contributed by atoms with Crippen molar-refractivity contribution in [2.24, 2.45) is 0 Å². The van der Waals surface area contributed by atoms with Crippen LogP contribution in [0.1, 0.15) is 22.5 Å².